The van der Waals surface area contributed by atoms with Crippen LogP contribution in [0.1, 0.15) is 17.2 Å². The standard InChI is InChI=1S/C13H17F3N2O3/c1-21-7-6-17-12(20)18-8-11(19)9-4-2-3-5-10(9)13(14,15)16/h2-5,11,19H,6-8H2,1H3,(H2,17,18,20)/t11-/m0/s1. The highest BCUT2D eigenvalue weighted by Crippen LogP contribution is 2.34. The van der Waals surface area contributed by atoms with Gasteiger partial charge in [-0.2, -0.15) is 13.2 Å². The zero-order chi connectivity index (χ0) is 15.9. The van der Waals surface area contributed by atoms with Crippen molar-refractivity contribution in [1.29, 1.82) is 0 Å². The molecule has 0 heterocycles. The summed E-state index contributed by atoms with van der Waals surface area (Å²) in [7, 11) is 1.47. The summed E-state index contributed by atoms with van der Waals surface area (Å²) in [4.78, 5) is 11.3. The topological polar surface area (TPSA) is 70.6 Å². The summed E-state index contributed by atoms with van der Waals surface area (Å²) in [5.74, 6) is 0. The van der Waals surface area contributed by atoms with E-state index in [9.17, 15) is 23.1 Å². The van der Waals surface area contributed by atoms with E-state index in [-0.39, 0.29) is 18.7 Å². The molecule has 1 rings (SSSR count). The van der Waals surface area contributed by atoms with Gasteiger partial charge in [0.15, 0.2) is 0 Å². The third kappa shape index (κ3) is 5.60. The van der Waals surface area contributed by atoms with Crippen molar-refractivity contribution in [3.8, 4) is 0 Å². The molecule has 5 nitrogen and oxygen atoms in total. The van der Waals surface area contributed by atoms with Gasteiger partial charge < -0.3 is 20.5 Å². The van der Waals surface area contributed by atoms with Crippen molar-refractivity contribution < 1.29 is 27.8 Å². The number of aliphatic hydroxyl groups is 1. The third-order valence-corrected chi connectivity index (χ3v) is 2.67. The van der Waals surface area contributed by atoms with Crippen molar-refractivity contribution in [2.24, 2.45) is 0 Å². The molecule has 1 aromatic rings. The minimum atomic E-state index is -4.56. The largest absolute Gasteiger partial charge is 0.416 e. The van der Waals surface area contributed by atoms with Crippen molar-refractivity contribution in [3.63, 3.8) is 0 Å². The van der Waals surface area contributed by atoms with E-state index < -0.39 is 23.9 Å². The van der Waals surface area contributed by atoms with Crippen LogP contribution in [0.25, 0.3) is 0 Å². The van der Waals surface area contributed by atoms with Gasteiger partial charge in [0.25, 0.3) is 0 Å². The highest BCUT2D eigenvalue weighted by Gasteiger charge is 2.34. The van der Waals surface area contributed by atoms with Crippen molar-refractivity contribution in [3.05, 3.63) is 35.4 Å². The number of hydrogen-bond acceptors (Lipinski definition) is 3. The fourth-order valence-corrected chi connectivity index (χ4v) is 1.67. The molecule has 118 valence electrons. The maximum atomic E-state index is 12.8. The lowest BCUT2D eigenvalue weighted by atomic mass is 10.0. The van der Waals surface area contributed by atoms with E-state index in [4.69, 9.17) is 4.74 Å². The normalized spacial score (nSPS) is 12.8. The molecular weight excluding hydrogens is 289 g/mol. The summed E-state index contributed by atoms with van der Waals surface area (Å²) in [6.45, 7) is 0.246. The van der Waals surface area contributed by atoms with Crippen LogP contribution < -0.4 is 10.6 Å². The maximum absolute atomic E-state index is 12.8. The molecule has 0 aliphatic carbocycles. The van der Waals surface area contributed by atoms with Gasteiger partial charge in [-0.05, 0) is 11.6 Å². The van der Waals surface area contributed by atoms with Crippen LogP contribution in [0.4, 0.5) is 18.0 Å². The number of benzene rings is 1. The summed E-state index contributed by atoms with van der Waals surface area (Å²) >= 11 is 0. The fraction of sp³-hybridized carbons (Fsp3) is 0.462. The number of carbonyl (C=O) groups excluding carboxylic acids is 1. The van der Waals surface area contributed by atoms with Crippen molar-refractivity contribution in [1.82, 2.24) is 10.6 Å². The van der Waals surface area contributed by atoms with Crippen molar-refractivity contribution in [2.75, 3.05) is 26.8 Å². The van der Waals surface area contributed by atoms with E-state index in [1.54, 1.807) is 0 Å². The van der Waals surface area contributed by atoms with Crippen molar-refractivity contribution >= 4 is 6.03 Å². The Balaban J connectivity index is 2.60. The number of urea groups is 1. The van der Waals surface area contributed by atoms with E-state index in [1.807, 2.05) is 0 Å². The second kappa shape index (κ2) is 7.84. The SMILES string of the molecule is COCCNC(=O)NC[C@H](O)c1ccccc1C(F)(F)F. The Morgan fingerprint density at radius 1 is 1.33 bits per heavy atom. The monoisotopic (exact) mass is 306 g/mol. The fourth-order valence-electron chi connectivity index (χ4n) is 1.67. The molecule has 0 radical (unpaired) electrons. The molecule has 0 aliphatic heterocycles. The molecular formula is C13H17F3N2O3. The summed E-state index contributed by atoms with van der Waals surface area (Å²) in [5.41, 5.74) is -1.19. The third-order valence-electron chi connectivity index (χ3n) is 2.67. The molecule has 0 spiro atoms. The maximum Gasteiger partial charge on any atom is 0.416 e. The summed E-state index contributed by atoms with van der Waals surface area (Å²) in [5, 5.41) is 14.5. The minimum Gasteiger partial charge on any atom is -0.387 e. The molecule has 0 unspecified atom stereocenters. The number of methoxy groups -OCH3 is 1. The molecule has 8 heteroatoms. The van der Waals surface area contributed by atoms with Gasteiger partial charge >= 0.3 is 12.2 Å². The summed E-state index contributed by atoms with van der Waals surface area (Å²) < 4.78 is 43.1. The van der Waals surface area contributed by atoms with Crippen LogP contribution >= 0.6 is 0 Å². The number of nitrogens with one attached hydrogen (secondary N) is 2. The number of rotatable bonds is 6. The molecule has 0 fully saturated rings. The lowest BCUT2D eigenvalue weighted by molar-refractivity contribution is -0.139. The van der Waals surface area contributed by atoms with Gasteiger partial charge in [-0.25, -0.2) is 4.79 Å². The quantitative estimate of drug-likeness (QED) is 0.700. The number of carbonyl (C=O) groups is 1. The number of ether oxygens (including phenoxy) is 1. The number of hydrogen-bond donors (Lipinski definition) is 3. The highest BCUT2D eigenvalue weighted by molar-refractivity contribution is 5.73. The summed E-state index contributed by atoms with van der Waals surface area (Å²) in [6, 6.07) is 4.11. The first-order valence-electron chi connectivity index (χ1n) is 6.21. The van der Waals surface area contributed by atoms with Crippen LogP contribution in [0.3, 0.4) is 0 Å². The molecule has 21 heavy (non-hydrogen) atoms. The lowest BCUT2D eigenvalue weighted by Gasteiger charge is -2.18. The highest BCUT2D eigenvalue weighted by atomic mass is 19.4. The Morgan fingerprint density at radius 2 is 2.00 bits per heavy atom. The molecule has 0 bridgehead atoms. The average Bonchev–Trinajstić information content (AvgIpc) is 2.44. The average molecular weight is 306 g/mol. The van der Waals surface area contributed by atoms with Crippen LogP contribution in [0.5, 0.6) is 0 Å². The van der Waals surface area contributed by atoms with Crippen LogP contribution in [0.2, 0.25) is 0 Å². The molecule has 0 saturated carbocycles. The van der Waals surface area contributed by atoms with E-state index in [0.717, 1.165) is 6.07 Å². The Morgan fingerprint density at radius 3 is 2.62 bits per heavy atom. The van der Waals surface area contributed by atoms with Gasteiger partial charge in [-0.15, -0.1) is 0 Å². The second-order valence-electron chi connectivity index (χ2n) is 4.23. The molecule has 2 amide bonds. The minimum absolute atomic E-state index is 0.261. The first-order chi connectivity index (χ1) is 9.86. The second-order valence-corrected chi connectivity index (χ2v) is 4.23. The van der Waals surface area contributed by atoms with Crippen LogP contribution in [0, 0.1) is 0 Å². The van der Waals surface area contributed by atoms with Gasteiger partial charge in [0.2, 0.25) is 0 Å². The number of amides is 2. The molecule has 1 aromatic carbocycles. The molecule has 3 N–H and O–H groups in total. The molecule has 1 atom stereocenters. The van der Waals surface area contributed by atoms with E-state index in [1.165, 1.54) is 25.3 Å². The Kier molecular flexibility index (Phi) is 6.44. The molecule has 0 aliphatic rings. The Bertz CT molecular complexity index is 466. The first-order valence-corrected chi connectivity index (χ1v) is 6.21. The van der Waals surface area contributed by atoms with Gasteiger partial charge in [0.05, 0.1) is 18.3 Å². The van der Waals surface area contributed by atoms with E-state index >= 15 is 0 Å². The van der Waals surface area contributed by atoms with Gasteiger partial charge in [0.1, 0.15) is 0 Å². The van der Waals surface area contributed by atoms with E-state index in [0.29, 0.717) is 6.61 Å². The van der Waals surface area contributed by atoms with Gasteiger partial charge in [0, 0.05) is 20.2 Å². The predicted molar refractivity (Wildman–Crippen MR) is 69.7 cm³/mol. The van der Waals surface area contributed by atoms with Crippen LogP contribution in [0.15, 0.2) is 24.3 Å². The zero-order valence-electron chi connectivity index (χ0n) is 11.4. The van der Waals surface area contributed by atoms with Crippen LogP contribution in [-0.4, -0.2) is 37.9 Å². The molecule has 0 aromatic heterocycles. The van der Waals surface area contributed by atoms with Crippen LogP contribution in [-0.2, 0) is 10.9 Å². The Labute approximate surface area is 120 Å². The number of aliphatic hydroxyl groups excluding tert-OH is 1. The Hall–Kier alpha value is -1.80. The molecule has 0 saturated heterocycles. The summed E-state index contributed by atoms with van der Waals surface area (Å²) in [6.07, 6.45) is -6.01. The van der Waals surface area contributed by atoms with Gasteiger partial charge in [-0.1, -0.05) is 18.2 Å². The number of alkyl halides is 3. The lowest BCUT2D eigenvalue weighted by Crippen LogP contribution is -2.39. The van der Waals surface area contributed by atoms with E-state index in [2.05, 4.69) is 10.6 Å². The van der Waals surface area contributed by atoms with Gasteiger partial charge in [-0.3, -0.25) is 0 Å². The van der Waals surface area contributed by atoms with Crippen molar-refractivity contribution in [2.45, 2.75) is 12.3 Å². The zero-order valence-corrected chi connectivity index (χ0v) is 11.4. The predicted octanol–water partition coefficient (Wildman–Crippen LogP) is 1.68. The number of halogens is 3. The smallest absolute Gasteiger partial charge is 0.387 e. The first kappa shape index (κ1) is 17.3.